The number of carbonyl (C=O) groups excluding carboxylic acids is 1. The van der Waals surface area contributed by atoms with E-state index in [9.17, 15) is 19.8 Å². The SMILES string of the molecule is COc1ccc(C[C@H](NC(=O)[C@H](O)CC(C)C)C(=O)O)cc1. The minimum atomic E-state index is -1.20. The number of aliphatic hydroxyl groups excluding tert-OH is 1. The third-order valence-corrected chi connectivity index (χ3v) is 3.21. The van der Waals surface area contributed by atoms with Crippen LogP contribution in [-0.2, 0) is 16.0 Å². The molecule has 1 aromatic rings. The van der Waals surface area contributed by atoms with Crippen molar-refractivity contribution in [1.82, 2.24) is 5.32 Å². The van der Waals surface area contributed by atoms with Gasteiger partial charge in [0.1, 0.15) is 17.9 Å². The van der Waals surface area contributed by atoms with Gasteiger partial charge in [-0.15, -0.1) is 0 Å². The summed E-state index contributed by atoms with van der Waals surface area (Å²) in [4.78, 5) is 23.1. The van der Waals surface area contributed by atoms with Crippen molar-refractivity contribution >= 4 is 11.9 Å². The van der Waals surface area contributed by atoms with Crippen molar-refractivity contribution in [2.75, 3.05) is 7.11 Å². The molecular formula is C16H23NO5. The highest BCUT2D eigenvalue weighted by molar-refractivity contribution is 5.86. The van der Waals surface area contributed by atoms with Gasteiger partial charge in [-0.05, 0) is 30.0 Å². The van der Waals surface area contributed by atoms with Crippen molar-refractivity contribution in [2.45, 2.75) is 38.8 Å². The highest BCUT2D eigenvalue weighted by Gasteiger charge is 2.24. The molecule has 0 aliphatic heterocycles. The first-order valence-corrected chi connectivity index (χ1v) is 7.17. The first-order valence-electron chi connectivity index (χ1n) is 7.17. The fourth-order valence-corrected chi connectivity index (χ4v) is 2.02. The van der Waals surface area contributed by atoms with E-state index in [0.717, 1.165) is 5.56 Å². The van der Waals surface area contributed by atoms with Crippen LogP contribution in [0.5, 0.6) is 5.75 Å². The maximum absolute atomic E-state index is 11.8. The minimum Gasteiger partial charge on any atom is -0.497 e. The van der Waals surface area contributed by atoms with E-state index in [1.165, 1.54) is 0 Å². The number of carbonyl (C=O) groups is 2. The van der Waals surface area contributed by atoms with Crippen LogP contribution in [0.25, 0.3) is 0 Å². The lowest BCUT2D eigenvalue weighted by atomic mass is 10.0. The summed E-state index contributed by atoms with van der Waals surface area (Å²) in [6.45, 7) is 3.76. The molecule has 0 saturated heterocycles. The number of ether oxygens (including phenoxy) is 1. The third kappa shape index (κ3) is 5.73. The number of nitrogens with one attached hydrogen (secondary N) is 1. The Bertz CT molecular complexity index is 498. The molecule has 0 aliphatic rings. The molecule has 1 aromatic carbocycles. The molecule has 6 nitrogen and oxygen atoms in total. The summed E-state index contributed by atoms with van der Waals surface area (Å²) in [6.07, 6.45) is -0.766. The zero-order chi connectivity index (χ0) is 16.7. The topological polar surface area (TPSA) is 95.9 Å². The minimum absolute atomic E-state index is 0.138. The molecule has 0 fully saturated rings. The maximum Gasteiger partial charge on any atom is 0.326 e. The molecule has 3 N–H and O–H groups in total. The lowest BCUT2D eigenvalue weighted by Gasteiger charge is -2.18. The van der Waals surface area contributed by atoms with Gasteiger partial charge in [0.2, 0.25) is 5.91 Å². The summed E-state index contributed by atoms with van der Waals surface area (Å²) in [5.41, 5.74) is 0.756. The smallest absolute Gasteiger partial charge is 0.326 e. The molecule has 6 heteroatoms. The Morgan fingerprint density at radius 1 is 1.23 bits per heavy atom. The Hall–Kier alpha value is -2.08. The number of rotatable bonds is 8. The molecular weight excluding hydrogens is 286 g/mol. The number of aliphatic hydroxyl groups is 1. The highest BCUT2D eigenvalue weighted by atomic mass is 16.5. The molecule has 0 aromatic heterocycles. The second kappa shape index (κ2) is 8.38. The number of carboxylic acid groups (broad SMARTS) is 1. The highest BCUT2D eigenvalue weighted by Crippen LogP contribution is 2.13. The lowest BCUT2D eigenvalue weighted by molar-refractivity contribution is -0.143. The molecule has 0 aliphatic carbocycles. The monoisotopic (exact) mass is 309 g/mol. The van der Waals surface area contributed by atoms with E-state index >= 15 is 0 Å². The zero-order valence-electron chi connectivity index (χ0n) is 13.1. The van der Waals surface area contributed by atoms with Gasteiger partial charge < -0.3 is 20.3 Å². The average Bonchev–Trinajstić information content (AvgIpc) is 2.46. The number of hydrogen-bond donors (Lipinski definition) is 3. The fraction of sp³-hybridized carbons (Fsp3) is 0.500. The van der Waals surface area contributed by atoms with Crippen molar-refractivity contribution in [2.24, 2.45) is 5.92 Å². The predicted octanol–water partition coefficient (Wildman–Crippen LogP) is 1.21. The van der Waals surface area contributed by atoms with Gasteiger partial charge in [0.05, 0.1) is 7.11 Å². The Balaban J connectivity index is 2.68. The van der Waals surface area contributed by atoms with E-state index in [0.29, 0.717) is 12.2 Å². The number of hydrogen-bond acceptors (Lipinski definition) is 4. The van der Waals surface area contributed by atoms with Crippen LogP contribution in [-0.4, -0.2) is 41.3 Å². The normalized spacial score (nSPS) is 13.5. The first-order chi connectivity index (χ1) is 10.3. The molecule has 1 amide bonds. The standard InChI is InChI=1S/C16H23NO5/c1-10(2)8-14(18)15(19)17-13(16(20)21)9-11-4-6-12(22-3)7-5-11/h4-7,10,13-14,18H,8-9H2,1-3H3,(H,17,19)(H,20,21)/t13-,14+/m0/s1. The Morgan fingerprint density at radius 2 is 1.82 bits per heavy atom. The van der Waals surface area contributed by atoms with Crippen molar-refractivity contribution in [3.05, 3.63) is 29.8 Å². The van der Waals surface area contributed by atoms with Crippen LogP contribution < -0.4 is 10.1 Å². The Morgan fingerprint density at radius 3 is 2.27 bits per heavy atom. The average molecular weight is 309 g/mol. The lowest BCUT2D eigenvalue weighted by Crippen LogP contribution is -2.46. The largest absolute Gasteiger partial charge is 0.497 e. The van der Waals surface area contributed by atoms with Gasteiger partial charge >= 0.3 is 5.97 Å². The molecule has 0 spiro atoms. The van der Waals surface area contributed by atoms with Crippen LogP contribution in [0, 0.1) is 5.92 Å². The third-order valence-electron chi connectivity index (χ3n) is 3.21. The van der Waals surface area contributed by atoms with E-state index in [-0.39, 0.29) is 12.3 Å². The summed E-state index contributed by atoms with van der Waals surface area (Å²) in [5, 5.41) is 21.3. The van der Waals surface area contributed by atoms with E-state index < -0.39 is 24.0 Å². The number of methoxy groups -OCH3 is 1. The van der Waals surface area contributed by atoms with Gasteiger partial charge in [0.15, 0.2) is 0 Å². The number of amides is 1. The van der Waals surface area contributed by atoms with Crippen molar-refractivity contribution < 1.29 is 24.5 Å². The van der Waals surface area contributed by atoms with E-state index in [1.807, 2.05) is 13.8 Å². The van der Waals surface area contributed by atoms with E-state index in [1.54, 1.807) is 31.4 Å². The van der Waals surface area contributed by atoms with Crippen molar-refractivity contribution in [3.63, 3.8) is 0 Å². The quantitative estimate of drug-likeness (QED) is 0.671. The summed E-state index contributed by atoms with van der Waals surface area (Å²) in [7, 11) is 1.55. The summed E-state index contributed by atoms with van der Waals surface area (Å²) in [5.74, 6) is -0.979. The molecule has 0 bridgehead atoms. The van der Waals surface area contributed by atoms with Crippen LogP contribution in [0.4, 0.5) is 0 Å². The van der Waals surface area contributed by atoms with Crippen molar-refractivity contribution in [3.8, 4) is 5.75 Å². The summed E-state index contributed by atoms with van der Waals surface area (Å²) in [6, 6.07) is 5.85. The molecule has 2 atom stereocenters. The van der Waals surface area contributed by atoms with Crippen LogP contribution >= 0.6 is 0 Å². The maximum atomic E-state index is 11.8. The van der Waals surface area contributed by atoms with E-state index in [2.05, 4.69) is 5.32 Å². The zero-order valence-corrected chi connectivity index (χ0v) is 13.1. The van der Waals surface area contributed by atoms with Crippen LogP contribution in [0.15, 0.2) is 24.3 Å². The molecule has 0 radical (unpaired) electrons. The molecule has 1 rings (SSSR count). The summed E-state index contributed by atoms with van der Waals surface area (Å²) < 4.78 is 5.04. The Labute approximate surface area is 130 Å². The van der Waals surface area contributed by atoms with Gasteiger partial charge in [-0.2, -0.15) is 0 Å². The fourth-order valence-electron chi connectivity index (χ4n) is 2.02. The van der Waals surface area contributed by atoms with Gasteiger partial charge in [0, 0.05) is 6.42 Å². The number of aliphatic carboxylic acids is 1. The van der Waals surface area contributed by atoms with Gasteiger partial charge in [0.25, 0.3) is 0 Å². The summed E-state index contributed by atoms with van der Waals surface area (Å²) >= 11 is 0. The van der Waals surface area contributed by atoms with Gasteiger partial charge in [-0.3, -0.25) is 4.79 Å². The van der Waals surface area contributed by atoms with Crippen molar-refractivity contribution in [1.29, 1.82) is 0 Å². The Kier molecular flexibility index (Phi) is 6.85. The molecule has 22 heavy (non-hydrogen) atoms. The molecule has 122 valence electrons. The molecule has 0 heterocycles. The number of carboxylic acids is 1. The van der Waals surface area contributed by atoms with Crippen LogP contribution in [0.2, 0.25) is 0 Å². The number of benzene rings is 1. The molecule has 0 saturated carbocycles. The second-order valence-electron chi connectivity index (χ2n) is 5.60. The van der Waals surface area contributed by atoms with Gasteiger partial charge in [-0.25, -0.2) is 4.79 Å². The predicted molar refractivity (Wildman–Crippen MR) is 81.7 cm³/mol. The second-order valence-corrected chi connectivity index (χ2v) is 5.60. The van der Waals surface area contributed by atoms with Crippen LogP contribution in [0.3, 0.4) is 0 Å². The van der Waals surface area contributed by atoms with E-state index in [4.69, 9.17) is 4.74 Å². The first kappa shape index (κ1) is 18.0. The molecule has 0 unspecified atom stereocenters. The van der Waals surface area contributed by atoms with Gasteiger partial charge in [-0.1, -0.05) is 26.0 Å². The van der Waals surface area contributed by atoms with Crippen LogP contribution in [0.1, 0.15) is 25.8 Å².